The Morgan fingerprint density at radius 1 is 1.20 bits per heavy atom. The third kappa shape index (κ3) is 1.96. The molecule has 0 aliphatic heterocycles. The van der Waals surface area contributed by atoms with Crippen molar-refractivity contribution >= 4 is 29.2 Å². The Kier molecular flexibility index (Phi) is 2.80. The number of carboxylic acid groups (broad SMARTS) is 1. The largest absolute Gasteiger partial charge is 0.476 e. The molecule has 20 heavy (non-hydrogen) atoms. The Morgan fingerprint density at radius 3 is 2.55 bits per heavy atom. The Balaban J connectivity index is 2.32. The molecule has 0 unspecified atom stereocenters. The molecule has 0 saturated heterocycles. The first kappa shape index (κ1) is 12.4. The summed E-state index contributed by atoms with van der Waals surface area (Å²) in [6.45, 7) is 0. The maximum Gasteiger partial charge on any atom is 0.355 e. The summed E-state index contributed by atoms with van der Waals surface area (Å²) in [5, 5.41) is 13.9. The summed E-state index contributed by atoms with van der Waals surface area (Å²) in [5.74, 6) is -1.08. The topological polar surface area (TPSA) is 93.5 Å². The number of nitrogens with two attached hydrogens (primary N) is 1. The van der Waals surface area contributed by atoms with Gasteiger partial charge in [-0.3, -0.25) is 0 Å². The number of benzene rings is 1. The highest BCUT2D eigenvalue weighted by molar-refractivity contribution is 6.30. The lowest BCUT2D eigenvalue weighted by molar-refractivity contribution is 0.0688. The van der Waals surface area contributed by atoms with E-state index in [4.69, 9.17) is 17.3 Å². The summed E-state index contributed by atoms with van der Waals surface area (Å²) < 4.78 is 1.22. The van der Waals surface area contributed by atoms with E-state index >= 15 is 0 Å². The molecule has 0 saturated carbocycles. The zero-order valence-corrected chi connectivity index (χ0v) is 10.9. The van der Waals surface area contributed by atoms with Gasteiger partial charge in [0.2, 0.25) is 5.95 Å². The van der Waals surface area contributed by atoms with Gasteiger partial charge in [0.1, 0.15) is 0 Å². The number of anilines is 1. The summed E-state index contributed by atoms with van der Waals surface area (Å²) in [6, 6.07) is 10.2. The highest BCUT2D eigenvalue weighted by Gasteiger charge is 2.18. The van der Waals surface area contributed by atoms with Gasteiger partial charge in [0.25, 0.3) is 0 Å². The quantitative estimate of drug-likeness (QED) is 0.755. The van der Waals surface area contributed by atoms with Gasteiger partial charge in [0.15, 0.2) is 11.3 Å². The van der Waals surface area contributed by atoms with Gasteiger partial charge >= 0.3 is 5.97 Å². The van der Waals surface area contributed by atoms with Crippen LogP contribution in [-0.2, 0) is 0 Å². The van der Waals surface area contributed by atoms with Gasteiger partial charge in [-0.15, -0.1) is 5.10 Å². The van der Waals surface area contributed by atoms with Crippen LogP contribution in [-0.4, -0.2) is 25.7 Å². The molecule has 0 aliphatic carbocycles. The van der Waals surface area contributed by atoms with E-state index in [-0.39, 0.29) is 11.6 Å². The Bertz CT molecular complexity index is 811. The van der Waals surface area contributed by atoms with Crippen LogP contribution in [0.3, 0.4) is 0 Å². The fourth-order valence-electron chi connectivity index (χ4n) is 2.03. The molecule has 3 aromatic rings. The number of fused-ring (bicyclic) bond motifs is 1. The minimum atomic E-state index is -1.11. The maximum atomic E-state index is 11.5. The molecular weight excluding hydrogens is 280 g/mol. The second kappa shape index (κ2) is 4.50. The van der Waals surface area contributed by atoms with Gasteiger partial charge in [-0.2, -0.15) is 4.98 Å². The number of nitrogens with zero attached hydrogens (tertiary/aromatic N) is 3. The highest BCUT2D eigenvalue weighted by atomic mass is 35.5. The molecule has 6 nitrogen and oxygen atoms in total. The smallest absolute Gasteiger partial charge is 0.355 e. The summed E-state index contributed by atoms with van der Waals surface area (Å²) in [4.78, 5) is 15.5. The van der Waals surface area contributed by atoms with Gasteiger partial charge < -0.3 is 10.8 Å². The van der Waals surface area contributed by atoms with Crippen molar-refractivity contribution in [3.8, 4) is 11.1 Å². The number of rotatable bonds is 2. The van der Waals surface area contributed by atoms with Crippen LogP contribution in [0.1, 0.15) is 10.5 Å². The van der Waals surface area contributed by atoms with Crippen molar-refractivity contribution in [1.29, 1.82) is 0 Å². The van der Waals surface area contributed by atoms with E-state index in [1.54, 1.807) is 36.4 Å². The number of aromatic carboxylic acids is 1. The fourth-order valence-corrected chi connectivity index (χ4v) is 2.16. The molecule has 0 spiro atoms. The van der Waals surface area contributed by atoms with Gasteiger partial charge in [-0.25, -0.2) is 9.31 Å². The van der Waals surface area contributed by atoms with E-state index in [0.717, 1.165) is 5.56 Å². The lowest BCUT2D eigenvalue weighted by Gasteiger charge is -2.07. The summed E-state index contributed by atoms with van der Waals surface area (Å²) in [5.41, 5.74) is 7.15. The molecule has 1 aromatic carbocycles. The number of carboxylic acids is 1. The van der Waals surface area contributed by atoms with Crippen molar-refractivity contribution in [3.63, 3.8) is 0 Å². The van der Waals surface area contributed by atoms with Crippen LogP contribution in [0.2, 0.25) is 5.02 Å². The molecule has 0 amide bonds. The van der Waals surface area contributed by atoms with Crippen molar-refractivity contribution < 1.29 is 9.90 Å². The predicted molar refractivity (Wildman–Crippen MR) is 74.8 cm³/mol. The number of hydrogen-bond donors (Lipinski definition) is 2. The third-order valence-corrected chi connectivity index (χ3v) is 3.12. The normalized spacial score (nSPS) is 10.8. The molecule has 7 heteroatoms. The second-order valence-corrected chi connectivity index (χ2v) is 4.58. The molecular formula is C13H9ClN4O2. The minimum Gasteiger partial charge on any atom is -0.476 e. The van der Waals surface area contributed by atoms with Crippen LogP contribution >= 0.6 is 11.6 Å². The third-order valence-electron chi connectivity index (χ3n) is 2.87. The van der Waals surface area contributed by atoms with Crippen LogP contribution < -0.4 is 5.73 Å². The average Bonchev–Trinajstić information content (AvgIpc) is 2.78. The molecule has 2 heterocycles. The molecule has 0 atom stereocenters. The SMILES string of the molecule is Nc1nc2ccc(-c3ccc(Cl)cc3)c(C(=O)O)n2n1. The molecule has 3 N–H and O–H groups in total. The first-order valence-electron chi connectivity index (χ1n) is 5.71. The van der Waals surface area contributed by atoms with Crippen molar-refractivity contribution in [3.05, 3.63) is 47.1 Å². The van der Waals surface area contributed by atoms with Gasteiger partial charge in [-0.05, 0) is 29.8 Å². The van der Waals surface area contributed by atoms with E-state index < -0.39 is 5.97 Å². The lowest BCUT2D eigenvalue weighted by Crippen LogP contribution is -2.09. The number of carbonyl (C=O) groups is 1. The molecule has 3 rings (SSSR count). The average molecular weight is 289 g/mol. The summed E-state index contributed by atoms with van der Waals surface area (Å²) in [6.07, 6.45) is 0. The number of hydrogen-bond acceptors (Lipinski definition) is 4. The van der Waals surface area contributed by atoms with Crippen LogP contribution in [0.5, 0.6) is 0 Å². The minimum absolute atomic E-state index is 0.00835. The first-order chi connectivity index (χ1) is 9.56. The van der Waals surface area contributed by atoms with Crippen molar-refractivity contribution in [2.75, 3.05) is 5.73 Å². The molecule has 0 bridgehead atoms. The van der Waals surface area contributed by atoms with E-state index in [1.165, 1.54) is 4.52 Å². The Labute approximate surface area is 118 Å². The van der Waals surface area contributed by atoms with Crippen molar-refractivity contribution in [2.45, 2.75) is 0 Å². The monoisotopic (exact) mass is 288 g/mol. The Morgan fingerprint density at radius 2 is 1.90 bits per heavy atom. The maximum absolute atomic E-state index is 11.5. The van der Waals surface area contributed by atoms with Gasteiger partial charge in [0.05, 0.1) is 0 Å². The molecule has 0 aliphatic rings. The van der Waals surface area contributed by atoms with E-state index in [1.807, 2.05) is 0 Å². The van der Waals surface area contributed by atoms with Crippen molar-refractivity contribution in [2.24, 2.45) is 0 Å². The predicted octanol–water partition coefficient (Wildman–Crippen LogP) is 2.33. The zero-order chi connectivity index (χ0) is 14.3. The van der Waals surface area contributed by atoms with Crippen LogP contribution in [0.25, 0.3) is 16.8 Å². The fraction of sp³-hybridized carbons (Fsp3) is 0. The van der Waals surface area contributed by atoms with Gasteiger partial charge in [0, 0.05) is 10.6 Å². The number of aromatic nitrogens is 3. The van der Waals surface area contributed by atoms with Crippen LogP contribution in [0, 0.1) is 0 Å². The Hall–Kier alpha value is -2.60. The van der Waals surface area contributed by atoms with Crippen molar-refractivity contribution in [1.82, 2.24) is 14.6 Å². The number of pyridine rings is 1. The van der Waals surface area contributed by atoms with E-state index in [2.05, 4.69) is 10.1 Å². The molecule has 2 aromatic heterocycles. The van der Waals surface area contributed by atoms with Gasteiger partial charge in [-0.1, -0.05) is 23.7 Å². The highest BCUT2D eigenvalue weighted by Crippen LogP contribution is 2.26. The standard InChI is InChI=1S/C13H9ClN4O2/c14-8-3-1-7(2-4-8)9-5-6-10-16-13(15)17-18(10)11(9)12(19)20/h1-6H,(H2,15,17)(H,19,20). The van der Waals surface area contributed by atoms with Crippen LogP contribution in [0.4, 0.5) is 5.95 Å². The number of halogens is 1. The molecule has 0 radical (unpaired) electrons. The van der Waals surface area contributed by atoms with Crippen LogP contribution in [0.15, 0.2) is 36.4 Å². The number of nitrogen functional groups attached to an aromatic ring is 1. The summed E-state index contributed by atoms with van der Waals surface area (Å²) >= 11 is 5.84. The first-order valence-corrected chi connectivity index (χ1v) is 6.08. The zero-order valence-electron chi connectivity index (χ0n) is 10.1. The molecule has 0 fully saturated rings. The second-order valence-electron chi connectivity index (χ2n) is 4.15. The molecule has 100 valence electrons. The summed E-state index contributed by atoms with van der Waals surface area (Å²) in [7, 11) is 0. The van der Waals surface area contributed by atoms with E-state index in [9.17, 15) is 9.90 Å². The van der Waals surface area contributed by atoms with E-state index in [0.29, 0.717) is 16.2 Å². The lowest BCUT2D eigenvalue weighted by atomic mass is 10.0.